The van der Waals surface area contributed by atoms with Crippen LogP contribution in [0.4, 0.5) is 11.6 Å². The minimum absolute atomic E-state index is 0.294. The highest BCUT2D eigenvalue weighted by atomic mass is 16.5. The van der Waals surface area contributed by atoms with Crippen molar-refractivity contribution in [3.63, 3.8) is 0 Å². The van der Waals surface area contributed by atoms with E-state index in [1.165, 1.54) is 11.1 Å². The van der Waals surface area contributed by atoms with E-state index in [0.717, 1.165) is 47.9 Å². The SMILES string of the molecule is COc1ccc2c(c1)CCN1c3nc4ccccc4nc3NCC21. The minimum atomic E-state index is 0.294. The number of nitrogens with one attached hydrogen (secondary N) is 1. The van der Waals surface area contributed by atoms with Crippen molar-refractivity contribution in [1.82, 2.24) is 9.97 Å². The van der Waals surface area contributed by atoms with Gasteiger partial charge in [0.25, 0.3) is 0 Å². The zero-order chi connectivity index (χ0) is 16.1. The molecule has 0 amide bonds. The molecule has 0 aliphatic carbocycles. The van der Waals surface area contributed by atoms with E-state index in [2.05, 4.69) is 22.3 Å². The van der Waals surface area contributed by atoms with Crippen LogP contribution < -0.4 is 15.0 Å². The Bertz CT molecular complexity index is 940. The molecule has 0 spiro atoms. The topological polar surface area (TPSA) is 50.3 Å². The summed E-state index contributed by atoms with van der Waals surface area (Å²) in [5.41, 5.74) is 4.60. The molecule has 5 heteroatoms. The molecule has 1 unspecified atom stereocenters. The van der Waals surface area contributed by atoms with E-state index in [4.69, 9.17) is 14.7 Å². The average molecular weight is 318 g/mol. The predicted octanol–water partition coefficient (Wildman–Crippen LogP) is 3.17. The Morgan fingerprint density at radius 3 is 2.79 bits per heavy atom. The molecule has 2 aromatic carbocycles. The minimum Gasteiger partial charge on any atom is -0.497 e. The van der Waals surface area contributed by atoms with E-state index in [1.54, 1.807) is 7.11 Å². The van der Waals surface area contributed by atoms with E-state index in [1.807, 2.05) is 30.3 Å². The number of rotatable bonds is 1. The Labute approximate surface area is 140 Å². The molecule has 120 valence electrons. The standard InChI is InChI=1S/C19H18N4O/c1-24-13-6-7-14-12(10-13)8-9-23-17(14)11-20-18-19(23)22-16-5-3-2-4-15(16)21-18/h2-7,10,17H,8-9,11H2,1H3,(H,20,21). The normalized spacial score (nSPS) is 18.4. The third kappa shape index (κ3) is 1.94. The molecule has 2 aliphatic heterocycles. The molecule has 2 aliphatic rings. The first kappa shape index (κ1) is 13.6. The van der Waals surface area contributed by atoms with Gasteiger partial charge in [-0.05, 0) is 41.8 Å². The van der Waals surface area contributed by atoms with Crippen molar-refractivity contribution in [3.8, 4) is 5.75 Å². The first-order valence-electron chi connectivity index (χ1n) is 8.27. The van der Waals surface area contributed by atoms with Crippen LogP contribution in [0.15, 0.2) is 42.5 Å². The van der Waals surface area contributed by atoms with Gasteiger partial charge < -0.3 is 15.0 Å². The quantitative estimate of drug-likeness (QED) is 0.747. The predicted molar refractivity (Wildman–Crippen MR) is 94.8 cm³/mol. The lowest BCUT2D eigenvalue weighted by Gasteiger charge is -2.42. The highest BCUT2D eigenvalue weighted by molar-refractivity contribution is 5.81. The van der Waals surface area contributed by atoms with Gasteiger partial charge in [-0.15, -0.1) is 0 Å². The van der Waals surface area contributed by atoms with Crippen molar-refractivity contribution in [2.75, 3.05) is 30.4 Å². The highest BCUT2D eigenvalue weighted by Crippen LogP contribution is 2.40. The summed E-state index contributed by atoms with van der Waals surface area (Å²) >= 11 is 0. The third-order valence-corrected chi connectivity index (χ3v) is 4.99. The second-order valence-electron chi connectivity index (χ2n) is 6.29. The maximum atomic E-state index is 5.37. The van der Waals surface area contributed by atoms with Gasteiger partial charge in [0.1, 0.15) is 5.75 Å². The number of aromatic nitrogens is 2. The molecular weight excluding hydrogens is 300 g/mol. The van der Waals surface area contributed by atoms with Gasteiger partial charge in [0.05, 0.1) is 24.2 Å². The number of hydrogen-bond acceptors (Lipinski definition) is 5. The number of methoxy groups -OCH3 is 1. The first-order chi connectivity index (χ1) is 11.8. The van der Waals surface area contributed by atoms with Gasteiger partial charge in [0.2, 0.25) is 0 Å². The summed E-state index contributed by atoms with van der Waals surface area (Å²) in [6, 6.07) is 14.7. The van der Waals surface area contributed by atoms with Crippen molar-refractivity contribution >= 4 is 22.7 Å². The van der Waals surface area contributed by atoms with E-state index < -0.39 is 0 Å². The van der Waals surface area contributed by atoms with E-state index in [9.17, 15) is 0 Å². The van der Waals surface area contributed by atoms with Gasteiger partial charge >= 0.3 is 0 Å². The molecule has 5 nitrogen and oxygen atoms in total. The van der Waals surface area contributed by atoms with Crippen LogP contribution in [-0.2, 0) is 6.42 Å². The number of fused-ring (bicyclic) bond motifs is 6. The van der Waals surface area contributed by atoms with Crippen molar-refractivity contribution in [3.05, 3.63) is 53.6 Å². The zero-order valence-corrected chi connectivity index (χ0v) is 13.5. The molecule has 0 fully saturated rings. The zero-order valence-electron chi connectivity index (χ0n) is 13.5. The number of para-hydroxylation sites is 2. The largest absolute Gasteiger partial charge is 0.497 e. The first-order valence-corrected chi connectivity index (χ1v) is 8.27. The number of nitrogens with zero attached hydrogens (tertiary/aromatic N) is 3. The number of ether oxygens (including phenoxy) is 1. The molecule has 1 atom stereocenters. The lowest BCUT2D eigenvalue weighted by atomic mass is 9.91. The van der Waals surface area contributed by atoms with Crippen LogP contribution in [0.1, 0.15) is 17.2 Å². The van der Waals surface area contributed by atoms with Crippen LogP contribution in [0.2, 0.25) is 0 Å². The van der Waals surface area contributed by atoms with Gasteiger partial charge in [0, 0.05) is 13.1 Å². The van der Waals surface area contributed by atoms with Crippen LogP contribution in [-0.4, -0.2) is 30.2 Å². The van der Waals surface area contributed by atoms with Crippen LogP contribution in [0.3, 0.4) is 0 Å². The fourth-order valence-corrected chi connectivity index (χ4v) is 3.79. The summed E-state index contributed by atoms with van der Waals surface area (Å²) in [4.78, 5) is 12.0. The molecule has 3 aromatic rings. The number of anilines is 2. The Morgan fingerprint density at radius 1 is 1.12 bits per heavy atom. The molecular formula is C19H18N4O. The summed E-state index contributed by atoms with van der Waals surface area (Å²) in [6.07, 6.45) is 0.997. The number of hydrogen-bond donors (Lipinski definition) is 1. The summed E-state index contributed by atoms with van der Waals surface area (Å²) in [5.74, 6) is 2.78. The van der Waals surface area contributed by atoms with E-state index in [-0.39, 0.29) is 0 Å². The molecule has 0 saturated carbocycles. The second-order valence-corrected chi connectivity index (χ2v) is 6.29. The second kappa shape index (κ2) is 5.09. The Balaban J connectivity index is 1.61. The van der Waals surface area contributed by atoms with Crippen molar-refractivity contribution in [2.24, 2.45) is 0 Å². The van der Waals surface area contributed by atoms with Gasteiger partial charge in [0.15, 0.2) is 11.6 Å². The number of benzene rings is 2. The molecule has 24 heavy (non-hydrogen) atoms. The monoisotopic (exact) mass is 318 g/mol. The van der Waals surface area contributed by atoms with Crippen LogP contribution >= 0.6 is 0 Å². The lowest BCUT2D eigenvalue weighted by molar-refractivity contribution is 0.413. The van der Waals surface area contributed by atoms with E-state index in [0.29, 0.717) is 6.04 Å². The molecule has 0 bridgehead atoms. The molecule has 0 saturated heterocycles. The van der Waals surface area contributed by atoms with Crippen molar-refractivity contribution in [1.29, 1.82) is 0 Å². The molecule has 1 N–H and O–H groups in total. The van der Waals surface area contributed by atoms with E-state index >= 15 is 0 Å². The summed E-state index contributed by atoms with van der Waals surface area (Å²) in [7, 11) is 1.72. The lowest BCUT2D eigenvalue weighted by Crippen LogP contribution is -2.43. The summed E-state index contributed by atoms with van der Waals surface area (Å²) in [6.45, 7) is 1.80. The Morgan fingerprint density at radius 2 is 1.96 bits per heavy atom. The Hall–Kier alpha value is -2.82. The summed E-state index contributed by atoms with van der Waals surface area (Å²) in [5, 5.41) is 3.48. The maximum absolute atomic E-state index is 5.37. The van der Waals surface area contributed by atoms with Gasteiger partial charge in [-0.1, -0.05) is 18.2 Å². The van der Waals surface area contributed by atoms with Gasteiger partial charge in [-0.25, -0.2) is 9.97 Å². The molecule has 1 aromatic heterocycles. The van der Waals surface area contributed by atoms with Crippen LogP contribution in [0.5, 0.6) is 5.75 Å². The fourth-order valence-electron chi connectivity index (χ4n) is 3.79. The highest BCUT2D eigenvalue weighted by Gasteiger charge is 2.34. The molecule has 5 rings (SSSR count). The van der Waals surface area contributed by atoms with Crippen LogP contribution in [0.25, 0.3) is 11.0 Å². The van der Waals surface area contributed by atoms with Gasteiger partial charge in [-0.3, -0.25) is 0 Å². The molecule has 3 heterocycles. The van der Waals surface area contributed by atoms with Crippen molar-refractivity contribution < 1.29 is 4.74 Å². The van der Waals surface area contributed by atoms with Crippen LogP contribution in [0, 0.1) is 0 Å². The maximum Gasteiger partial charge on any atom is 0.172 e. The van der Waals surface area contributed by atoms with Gasteiger partial charge in [-0.2, -0.15) is 0 Å². The Kier molecular flexibility index (Phi) is 2.89. The average Bonchev–Trinajstić information content (AvgIpc) is 2.65. The van der Waals surface area contributed by atoms with Crippen molar-refractivity contribution in [2.45, 2.75) is 12.5 Å². The molecule has 0 radical (unpaired) electrons. The smallest absolute Gasteiger partial charge is 0.172 e. The third-order valence-electron chi connectivity index (χ3n) is 4.99. The summed E-state index contributed by atoms with van der Waals surface area (Å²) < 4.78 is 5.37. The fraction of sp³-hybridized carbons (Fsp3) is 0.263.